The summed E-state index contributed by atoms with van der Waals surface area (Å²) in [5.74, 6) is 0.280. The number of carbonyl (C=O) groups is 1. The molecule has 0 fully saturated rings. The van der Waals surface area contributed by atoms with Crippen molar-refractivity contribution in [2.24, 2.45) is 5.92 Å². The SMILES string of the molecule is CON[C@H](C=O)C(C)C. The standard InChI is InChI=1S/C6H13NO2/c1-5(2)6(4-8)7-9-3/h4-7H,1-3H3/t6-/m1/s1. The van der Waals surface area contributed by atoms with Crippen molar-refractivity contribution in [3.63, 3.8) is 0 Å². The Kier molecular flexibility index (Phi) is 4.26. The number of carbonyl (C=O) groups excluding carboxylic acids is 1. The predicted molar refractivity (Wildman–Crippen MR) is 34.8 cm³/mol. The highest BCUT2D eigenvalue weighted by atomic mass is 16.6. The van der Waals surface area contributed by atoms with E-state index in [1.807, 2.05) is 13.8 Å². The van der Waals surface area contributed by atoms with Gasteiger partial charge in [0.25, 0.3) is 0 Å². The Morgan fingerprint density at radius 3 is 2.22 bits per heavy atom. The summed E-state index contributed by atoms with van der Waals surface area (Å²) in [7, 11) is 1.50. The lowest BCUT2D eigenvalue weighted by Gasteiger charge is -2.13. The van der Waals surface area contributed by atoms with Crippen LogP contribution in [0.2, 0.25) is 0 Å². The second-order valence-electron chi connectivity index (χ2n) is 2.23. The maximum atomic E-state index is 10.2. The molecular weight excluding hydrogens is 118 g/mol. The van der Waals surface area contributed by atoms with Gasteiger partial charge in [0.1, 0.15) is 6.29 Å². The monoisotopic (exact) mass is 131 g/mol. The van der Waals surface area contributed by atoms with E-state index >= 15 is 0 Å². The minimum absolute atomic E-state index is 0.185. The van der Waals surface area contributed by atoms with E-state index in [1.54, 1.807) is 0 Å². The van der Waals surface area contributed by atoms with Gasteiger partial charge in [-0.15, -0.1) is 0 Å². The molecule has 0 rings (SSSR count). The molecule has 0 saturated heterocycles. The lowest BCUT2D eigenvalue weighted by Crippen LogP contribution is -2.34. The second kappa shape index (κ2) is 4.47. The van der Waals surface area contributed by atoms with E-state index in [4.69, 9.17) is 0 Å². The zero-order chi connectivity index (χ0) is 7.28. The van der Waals surface area contributed by atoms with Gasteiger partial charge < -0.3 is 9.63 Å². The highest BCUT2D eigenvalue weighted by molar-refractivity contribution is 5.57. The van der Waals surface area contributed by atoms with Crippen molar-refractivity contribution >= 4 is 6.29 Å². The molecule has 0 saturated carbocycles. The third-order valence-electron chi connectivity index (χ3n) is 1.12. The fraction of sp³-hybridized carbons (Fsp3) is 0.833. The Morgan fingerprint density at radius 1 is 1.56 bits per heavy atom. The highest BCUT2D eigenvalue weighted by Gasteiger charge is 2.09. The smallest absolute Gasteiger partial charge is 0.139 e. The fourth-order valence-electron chi connectivity index (χ4n) is 0.457. The quantitative estimate of drug-likeness (QED) is 0.442. The number of hydrogen-bond acceptors (Lipinski definition) is 3. The van der Waals surface area contributed by atoms with Crippen molar-refractivity contribution in [2.45, 2.75) is 19.9 Å². The molecule has 0 bridgehead atoms. The normalized spacial score (nSPS) is 13.8. The lowest BCUT2D eigenvalue weighted by atomic mass is 10.1. The first kappa shape index (κ1) is 8.59. The molecule has 0 aliphatic carbocycles. The fourth-order valence-corrected chi connectivity index (χ4v) is 0.457. The predicted octanol–water partition coefficient (Wildman–Crippen LogP) is 0.361. The molecule has 0 heterocycles. The van der Waals surface area contributed by atoms with Crippen LogP contribution < -0.4 is 5.48 Å². The molecule has 0 unspecified atom stereocenters. The van der Waals surface area contributed by atoms with Crippen molar-refractivity contribution in [1.29, 1.82) is 0 Å². The van der Waals surface area contributed by atoms with E-state index in [2.05, 4.69) is 10.3 Å². The molecule has 54 valence electrons. The van der Waals surface area contributed by atoms with Gasteiger partial charge in [-0.2, -0.15) is 5.48 Å². The molecule has 1 N–H and O–H groups in total. The largest absolute Gasteiger partial charge is 0.304 e. The van der Waals surface area contributed by atoms with Crippen molar-refractivity contribution in [1.82, 2.24) is 5.48 Å². The topological polar surface area (TPSA) is 38.3 Å². The van der Waals surface area contributed by atoms with Gasteiger partial charge in [0, 0.05) is 0 Å². The molecule has 0 aliphatic rings. The first-order chi connectivity index (χ1) is 4.22. The van der Waals surface area contributed by atoms with Gasteiger partial charge in [-0.3, -0.25) is 0 Å². The van der Waals surface area contributed by atoms with E-state index in [-0.39, 0.29) is 12.0 Å². The van der Waals surface area contributed by atoms with Crippen LogP contribution >= 0.6 is 0 Å². The van der Waals surface area contributed by atoms with Gasteiger partial charge in [0.05, 0.1) is 13.2 Å². The van der Waals surface area contributed by atoms with Gasteiger partial charge in [0.15, 0.2) is 0 Å². The van der Waals surface area contributed by atoms with Crippen LogP contribution in [0.25, 0.3) is 0 Å². The van der Waals surface area contributed by atoms with E-state index in [0.29, 0.717) is 0 Å². The van der Waals surface area contributed by atoms with Crippen LogP contribution in [-0.4, -0.2) is 19.4 Å². The maximum absolute atomic E-state index is 10.2. The third-order valence-corrected chi connectivity index (χ3v) is 1.12. The zero-order valence-corrected chi connectivity index (χ0v) is 6.05. The number of hydrogen-bond donors (Lipinski definition) is 1. The molecule has 3 heteroatoms. The van der Waals surface area contributed by atoms with Crippen LogP contribution in [0.4, 0.5) is 0 Å². The Bertz CT molecular complexity index is 83.1. The summed E-state index contributed by atoms with van der Waals surface area (Å²) in [4.78, 5) is 14.8. The minimum atomic E-state index is -0.185. The molecule has 0 aromatic carbocycles. The van der Waals surface area contributed by atoms with Crippen molar-refractivity contribution < 1.29 is 9.63 Å². The minimum Gasteiger partial charge on any atom is -0.304 e. The van der Waals surface area contributed by atoms with Crippen LogP contribution in [0.15, 0.2) is 0 Å². The molecule has 0 aromatic rings. The number of rotatable bonds is 4. The highest BCUT2D eigenvalue weighted by Crippen LogP contribution is 1.96. The first-order valence-electron chi connectivity index (χ1n) is 2.96. The summed E-state index contributed by atoms with van der Waals surface area (Å²) < 4.78 is 0. The van der Waals surface area contributed by atoms with Crippen molar-refractivity contribution in [3.05, 3.63) is 0 Å². The average molecular weight is 131 g/mol. The molecule has 0 spiro atoms. The molecule has 1 atom stereocenters. The Morgan fingerprint density at radius 2 is 2.11 bits per heavy atom. The van der Waals surface area contributed by atoms with E-state index in [1.165, 1.54) is 7.11 Å². The van der Waals surface area contributed by atoms with Crippen molar-refractivity contribution in [2.75, 3.05) is 7.11 Å². The van der Waals surface area contributed by atoms with Crippen LogP contribution in [0.1, 0.15) is 13.8 Å². The van der Waals surface area contributed by atoms with E-state index < -0.39 is 0 Å². The molecule has 0 aliphatic heterocycles. The summed E-state index contributed by atoms with van der Waals surface area (Å²) in [6.45, 7) is 3.90. The van der Waals surface area contributed by atoms with E-state index in [9.17, 15) is 4.79 Å². The van der Waals surface area contributed by atoms with Crippen LogP contribution in [0.5, 0.6) is 0 Å². The average Bonchev–Trinajstić information content (AvgIpc) is 1.82. The summed E-state index contributed by atoms with van der Waals surface area (Å²) >= 11 is 0. The maximum Gasteiger partial charge on any atom is 0.139 e. The summed E-state index contributed by atoms with van der Waals surface area (Å²) in [6, 6.07) is -0.185. The summed E-state index contributed by atoms with van der Waals surface area (Å²) in [6.07, 6.45) is 0.841. The summed E-state index contributed by atoms with van der Waals surface area (Å²) in [5.41, 5.74) is 2.56. The first-order valence-corrected chi connectivity index (χ1v) is 2.96. The molecule has 9 heavy (non-hydrogen) atoms. The lowest BCUT2D eigenvalue weighted by molar-refractivity contribution is -0.114. The van der Waals surface area contributed by atoms with Gasteiger partial charge in [0.2, 0.25) is 0 Å². The van der Waals surface area contributed by atoms with Gasteiger partial charge in [-0.25, -0.2) is 0 Å². The molecular formula is C6H13NO2. The third kappa shape index (κ3) is 3.21. The molecule has 0 aromatic heterocycles. The number of hydroxylamine groups is 1. The molecule has 3 nitrogen and oxygen atoms in total. The van der Waals surface area contributed by atoms with Gasteiger partial charge in [-0.05, 0) is 5.92 Å². The zero-order valence-electron chi connectivity index (χ0n) is 6.05. The van der Waals surface area contributed by atoms with Crippen LogP contribution in [0, 0.1) is 5.92 Å². The summed E-state index contributed by atoms with van der Waals surface area (Å²) in [5, 5.41) is 0. The number of nitrogens with one attached hydrogen (secondary N) is 1. The Hall–Kier alpha value is -0.410. The Labute approximate surface area is 55.3 Å². The molecule has 0 radical (unpaired) electrons. The van der Waals surface area contributed by atoms with Gasteiger partial charge >= 0.3 is 0 Å². The van der Waals surface area contributed by atoms with E-state index in [0.717, 1.165) is 6.29 Å². The van der Waals surface area contributed by atoms with Crippen molar-refractivity contribution in [3.8, 4) is 0 Å². The Balaban J connectivity index is 3.54. The van der Waals surface area contributed by atoms with Gasteiger partial charge in [-0.1, -0.05) is 13.8 Å². The van der Waals surface area contributed by atoms with Crippen LogP contribution in [-0.2, 0) is 9.63 Å². The molecule has 0 amide bonds. The van der Waals surface area contributed by atoms with Crippen LogP contribution in [0.3, 0.4) is 0 Å². The number of aldehydes is 1. The second-order valence-corrected chi connectivity index (χ2v) is 2.23.